The van der Waals surface area contributed by atoms with Crippen molar-refractivity contribution in [2.45, 2.75) is 37.8 Å². The van der Waals surface area contributed by atoms with E-state index in [2.05, 4.69) is 5.32 Å². The summed E-state index contributed by atoms with van der Waals surface area (Å²) in [5.74, 6) is -0.382. The van der Waals surface area contributed by atoms with Gasteiger partial charge >= 0.3 is 5.97 Å². The number of hydrogen-bond acceptors (Lipinski definition) is 7. The van der Waals surface area contributed by atoms with Gasteiger partial charge in [-0.1, -0.05) is 18.9 Å². The fraction of sp³-hybridized carbons (Fsp3) is 0.321. The molecule has 1 unspecified atom stereocenters. The Labute approximate surface area is 215 Å². The molecule has 194 valence electrons. The molecule has 9 nitrogen and oxygen atoms in total. The Morgan fingerprint density at radius 2 is 1.65 bits per heavy atom. The van der Waals surface area contributed by atoms with E-state index in [0.29, 0.717) is 28.3 Å². The number of nitrogens with one attached hydrogen (secondary N) is 1. The molecule has 1 N–H and O–H groups in total. The molecule has 0 radical (unpaired) electrons. The number of hydrogen-bond donors (Lipinski definition) is 1. The van der Waals surface area contributed by atoms with Crippen LogP contribution in [0.5, 0.6) is 11.5 Å². The monoisotopic (exact) mass is 506 g/mol. The predicted octanol–water partition coefficient (Wildman–Crippen LogP) is 4.53. The lowest BCUT2D eigenvalue weighted by Gasteiger charge is -2.32. The van der Waals surface area contributed by atoms with Crippen LogP contribution in [-0.2, 0) is 9.53 Å². The summed E-state index contributed by atoms with van der Waals surface area (Å²) < 4.78 is 21.1. The smallest absolute Gasteiger partial charge is 0.337 e. The maximum absolute atomic E-state index is 13.9. The van der Waals surface area contributed by atoms with Crippen molar-refractivity contribution in [2.24, 2.45) is 0 Å². The number of carbonyl (C=O) groups excluding carboxylic acids is 3. The lowest BCUT2D eigenvalue weighted by Crippen LogP contribution is -2.46. The van der Waals surface area contributed by atoms with E-state index in [9.17, 15) is 14.4 Å². The quantitative estimate of drug-likeness (QED) is 0.425. The second-order valence-corrected chi connectivity index (χ2v) is 8.70. The summed E-state index contributed by atoms with van der Waals surface area (Å²) in [5, 5.41) is 3.12. The predicted molar refractivity (Wildman–Crippen MR) is 136 cm³/mol. The molecule has 4 rings (SSSR count). The summed E-state index contributed by atoms with van der Waals surface area (Å²) in [4.78, 5) is 41.1. The van der Waals surface area contributed by atoms with Crippen molar-refractivity contribution in [3.63, 3.8) is 0 Å². The molecule has 1 saturated carbocycles. The van der Waals surface area contributed by atoms with E-state index in [1.54, 1.807) is 54.6 Å². The van der Waals surface area contributed by atoms with Crippen molar-refractivity contribution in [3.8, 4) is 11.5 Å². The number of anilines is 1. The molecule has 2 aromatic carbocycles. The fourth-order valence-corrected chi connectivity index (χ4v) is 4.57. The van der Waals surface area contributed by atoms with Crippen molar-refractivity contribution < 1.29 is 33.0 Å². The van der Waals surface area contributed by atoms with Gasteiger partial charge in [0.25, 0.3) is 5.91 Å². The molecule has 1 heterocycles. The molecular weight excluding hydrogens is 476 g/mol. The van der Waals surface area contributed by atoms with E-state index in [1.165, 1.54) is 32.5 Å². The van der Waals surface area contributed by atoms with Crippen LogP contribution >= 0.6 is 0 Å². The first-order chi connectivity index (χ1) is 18.0. The maximum atomic E-state index is 13.9. The minimum absolute atomic E-state index is 0.0254. The zero-order valence-electron chi connectivity index (χ0n) is 21.1. The van der Waals surface area contributed by atoms with E-state index < -0.39 is 17.9 Å². The number of furan rings is 1. The zero-order valence-corrected chi connectivity index (χ0v) is 21.1. The minimum Gasteiger partial charge on any atom is -0.493 e. The van der Waals surface area contributed by atoms with Gasteiger partial charge in [0, 0.05) is 11.7 Å². The lowest BCUT2D eigenvalue weighted by atomic mass is 10.0. The van der Waals surface area contributed by atoms with Crippen LogP contribution in [0.1, 0.15) is 58.2 Å². The molecule has 3 aromatic rings. The number of rotatable bonds is 9. The SMILES string of the molecule is COC(=O)c1ccc(N(C(=O)c2ccco2)C(C(=O)NC2CCCC2)c2ccc(OC)c(OC)c2)cc1. The summed E-state index contributed by atoms with van der Waals surface area (Å²) >= 11 is 0. The van der Waals surface area contributed by atoms with Crippen LogP contribution < -0.4 is 19.7 Å². The molecule has 1 aromatic heterocycles. The summed E-state index contributed by atoms with van der Waals surface area (Å²) in [6.45, 7) is 0. The largest absolute Gasteiger partial charge is 0.493 e. The van der Waals surface area contributed by atoms with Crippen LogP contribution in [0.25, 0.3) is 0 Å². The Kier molecular flexibility index (Phi) is 8.12. The minimum atomic E-state index is -1.07. The molecule has 9 heteroatoms. The van der Waals surface area contributed by atoms with Gasteiger partial charge in [0.1, 0.15) is 6.04 Å². The highest BCUT2D eigenvalue weighted by molar-refractivity contribution is 6.09. The van der Waals surface area contributed by atoms with Gasteiger partial charge in [0.05, 0.1) is 33.2 Å². The number of nitrogens with zero attached hydrogens (tertiary/aromatic N) is 1. The van der Waals surface area contributed by atoms with Gasteiger partial charge in [-0.15, -0.1) is 0 Å². The molecule has 1 aliphatic carbocycles. The van der Waals surface area contributed by atoms with E-state index in [4.69, 9.17) is 18.6 Å². The number of carbonyl (C=O) groups is 3. The van der Waals surface area contributed by atoms with Crippen LogP contribution in [0, 0.1) is 0 Å². The molecule has 0 saturated heterocycles. The number of ether oxygens (including phenoxy) is 3. The van der Waals surface area contributed by atoms with Crippen molar-refractivity contribution >= 4 is 23.5 Å². The number of methoxy groups -OCH3 is 3. The number of esters is 1. The van der Waals surface area contributed by atoms with Gasteiger partial charge in [-0.25, -0.2) is 4.79 Å². The van der Waals surface area contributed by atoms with E-state index in [1.807, 2.05) is 0 Å². The number of amides is 2. The molecular formula is C28H30N2O7. The van der Waals surface area contributed by atoms with E-state index in [0.717, 1.165) is 25.7 Å². The molecule has 0 spiro atoms. The molecule has 1 fully saturated rings. The van der Waals surface area contributed by atoms with E-state index in [-0.39, 0.29) is 17.7 Å². The van der Waals surface area contributed by atoms with Gasteiger partial charge in [0.2, 0.25) is 5.91 Å². The third kappa shape index (κ3) is 5.61. The van der Waals surface area contributed by atoms with Gasteiger partial charge in [-0.2, -0.15) is 0 Å². The zero-order chi connectivity index (χ0) is 26.4. The first-order valence-corrected chi connectivity index (χ1v) is 12.0. The normalized spacial score (nSPS) is 14.0. The number of benzene rings is 2. The standard InChI is InChI=1S/C28H30N2O7/c1-34-22-15-12-19(17-24(22)35-2)25(26(31)29-20-7-4-5-8-20)30(27(32)23-9-6-16-37-23)21-13-10-18(11-14-21)28(33)36-3/h6,9-17,20,25H,4-5,7-8H2,1-3H3,(H,29,31). The van der Waals surface area contributed by atoms with Crippen LogP contribution in [0.15, 0.2) is 65.3 Å². The molecule has 0 bridgehead atoms. The van der Waals surface area contributed by atoms with Crippen LogP contribution in [0.2, 0.25) is 0 Å². The summed E-state index contributed by atoms with van der Waals surface area (Å²) in [7, 11) is 4.33. The van der Waals surface area contributed by atoms with Crippen molar-refractivity contribution in [2.75, 3.05) is 26.2 Å². The highest BCUT2D eigenvalue weighted by Crippen LogP contribution is 2.36. The van der Waals surface area contributed by atoms with Gasteiger partial charge in [-0.3, -0.25) is 14.5 Å². The summed E-state index contributed by atoms with van der Waals surface area (Å²) in [5.41, 5.74) is 1.23. The third-order valence-electron chi connectivity index (χ3n) is 6.45. The lowest BCUT2D eigenvalue weighted by molar-refractivity contribution is -0.123. The Bertz CT molecular complexity index is 1230. The third-order valence-corrected chi connectivity index (χ3v) is 6.45. The van der Waals surface area contributed by atoms with Crippen molar-refractivity contribution in [1.29, 1.82) is 0 Å². The highest BCUT2D eigenvalue weighted by Gasteiger charge is 2.36. The first-order valence-electron chi connectivity index (χ1n) is 12.0. The summed E-state index contributed by atoms with van der Waals surface area (Å²) in [6.07, 6.45) is 5.23. The molecule has 2 amide bonds. The van der Waals surface area contributed by atoms with E-state index >= 15 is 0 Å². The Balaban J connectivity index is 1.84. The summed E-state index contributed by atoms with van der Waals surface area (Å²) in [6, 6.07) is 13.5. The second kappa shape index (κ2) is 11.6. The molecule has 37 heavy (non-hydrogen) atoms. The van der Waals surface area contributed by atoms with Gasteiger partial charge in [0.15, 0.2) is 17.3 Å². The molecule has 1 aliphatic rings. The van der Waals surface area contributed by atoms with Crippen LogP contribution in [-0.4, -0.2) is 45.2 Å². The highest BCUT2D eigenvalue weighted by atomic mass is 16.5. The van der Waals surface area contributed by atoms with Gasteiger partial charge in [-0.05, 0) is 66.9 Å². The molecule has 1 atom stereocenters. The van der Waals surface area contributed by atoms with Crippen molar-refractivity contribution in [1.82, 2.24) is 5.32 Å². The molecule has 0 aliphatic heterocycles. The maximum Gasteiger partial charge on any atom is 0.337 e. The van der Waals surface area contributed by atoms with Gasteiger partial charge < -0.3 is 23.9 Å². The first kappa shape index (κ1) is 25.8. The average molecular weight is 507 g/mol. The van der Waals surface area contributed by atoms with Crippen LogP contribution in [0.3, 0.4) is 0 Å². The Morgan fingerprint density at radius 1 is 0.946 bits per heavy atom. The second-order valence-electron chi connectivity index (χ2n) is 8.70. The Morgan fingerprint density at radius 3 is 2.24 bits per heavy atom. The van der Waals surface area contributed by atoms with Crippen molar-refractivity contribution in [3.05, 3.63) is 77.7 Å². The average Bonchev–Trinajstić information content (AvgIpc) is 3.65. The fourth-order valence-electron chi connectivity index (χ4n) is 4.57. The Hall–Kier alpha value is -4.27. The topological polar surface area (TPSA) is 107 Å². The van der Waals surface area contributed by atoms with Crippen LogP contribution in [0.4, 0.5) is 5.69 Å².